The van der Waals surface area contributed by atoms with Gasteiger partial charge in [-0.05, 0) is 108 Å². The summed E-state index contributed by atoms with van der Waals surface area (Å²) in [6.45, 7) is 7.57. The molecule has 0 spiro atoms. The van der Waals surface area contributed by atoms with E-state index in [9.17, 15) is 19.2 Å². The average Bonchev–Trinajstić information content (AvgIpc) is 3.71. The normalized spacial score (nSPS) is 25.5. The molecule has 11 heteroatoms. The molecular weight excluding hydrogens is 741 g/mol. The number of benzene rings is 3. The minimum atomic E-state index is -0.778. The van der Waals surface area contributed by atoms with Gasteiger partial charge in [-0.1, -0.05) is 87.5 Å². The van der Waals surface area contributed by atoms with Gasteiger partial charge in [-0.15, -0.1) is 0 Å². The van der Waals surface area contributed by atoms with E-state index in [1.54, 1.807) is 9.80 Å². The third-order valence-corrected chi connectivity index (χ3v) is 13.9. The molecule has 5 aliphatic rings. The van der Waals surface area contributed by atoms with E-state index in [4.69, 9.17) is 16.2 Å². The number of carbonyl (C=O) groups is 4. The lowest BCUT2D eigenvalue weighted by Crippen LogP contribution is -2.58. The van der Waals surface area contributed by atoms with Gasteiger partial charge in [-0.3, -0.25) is 19.2 Å². The first-order valence-corrected chi connectivity index (χ1v) is 21.9. The maximum atomic E-state index is 14.5. The van der Waals surface area contributed by atoms with E-state index in [0.717, 1.165) is 66.3 Å². The molecule has 11 nitrogen and oxygen atoms in total. The van der Waals surface area contributed by atoms with Crippen molar-refractivity contribution in [3.63, 3.8) is 0 Å². The zero-order valence-electron chi connectivity index (χ0n) is 35.0. The number of nitrogens with zero attached hydrogens (tertiary/aromatic N) is 2. The first-order chi connectivity index (χ1) is 28.4. The fourth-order valence-corrected chi connectivity index (χ4v) is 10.3. The molecule has 7 atom stereocenters. The predicted octanol–water partition coefficient (Wildman–Crippen LogP) is 5.14. The Labute approximate surface area is 349 Å². The second-order valence-corrected chi connectivity index (χ2v) is 18.8. The third kappa shape index (κ3) is 8.56. The van der Waals surface area contributed by atoms with Gasteiger partial charge < -0.3 is 36.6 Å². The smallest absolute Gasteiger partial charge is 0.243 e. The van der Waals surface area contributed by atoms with Crippen LogP contribution in [-0.4, -0.2) is 77.4 Å². The Morgan fingerprint density at radius 1 is 0.712 bits per heavy atom. The quantitative estimate of drug-likeness (QED) is 0.246. The third-order valence-electron chi connectivity index (χ3n) is 13.9. The van der Waals surface area contributed by atoms with Crippen molar-refractivity contribution >= 4 is 23.6 Å². The number of rotatable bonds is 8. The van der Waals surface area contributed by atoms with Crippen molar-refractivity contribution in [3.8, 4) is 0 Å². The molecule has 0 radical (unpaired) electrons. The van der Waals surface area contributed by atoms with E-state index >= 15 is 0 Å². The Morgan fingerprint density at radius 3 is 1.92 bits per heavy atom. The Morgan fingerprint density at radius 2 is 1.31 bits per heavy atom. The van der Waals surface area contributed by atoms with Crippen LogP contribution in [0, 0.1) is 11.3 Å². The van der Waals surface area contributed by atoms with Crippen LogP contribution in [0.5, 0.6) is 0 Å². The highest BCUT2D eigenvalue weighted by Gasteiger charge is 2.45. The van der Waals surface area contributed by atoms with Crippen LogP contribution in [0.2, 0.25) is 0 Å². The summed E-state index contributed by atoms with van der Waals surface area (Å²) in [5.74, 6) is -0.919. The van der Waals surface area contributed by atoms with Gasteiger partial charge in [-0.2, -0.15) is 0 Å². The van der Waals surface area contributed by atoms with E-state index in [1.165, 1.54) is 11.1 Å². The topological polar surface area (TPSA) is 160 Å². The molecule has 3 unspecified atom stereocenters. The number of hydrogen-bond donors (Lipinski definition) is 4. The number of hydrogen-bond acceptors (Lipinski definition) is 7. The highest BCUT2D eigenvalue weighted by Crippen LogP contribution is 2.38. The molecule has 3 aliphatic heterocycles. The molecule has 59 heavy (non-hydrogen) atoms. The lowest BCUT2D eigenvalue weighted by atomic mass is 9.85. The van der Waals surface area contributed by atoms with Crippen LogP contribution in [0.4, 0.5) is 0 Å². The minimum absolute atomic E-state index is 0.0236. The molecule has 4 amide bonds. The largest absolute Gasteiger partial charge is 0.381 e. The summed E-state index contributed by atoms with van der Waals surface area (Å²) in [6, 6.07) is 19.7. The van der Waals surface area contributed by atoms with Gasteiger partial charge in [-0.25, -0.2) is 0 Å². The number of ether oxygens (including phenoxy) is 1. The fourth-order valence-electron chi connectivity index (χ4n) is 10.3. The van der Waals surface area contributed by atoms with Crippen LogP contribution < -0.4 is 22.1 Å². The molecule has 6 N–H and O–H groups in total. The highest BCUT2D eigenvalue weighted by atomic mass is 16.5. The molecule has 8 rings (SSSR count). The maximum absolute atomic E-state index is 14.5. The van der Waals surface area contributed by atoms with Crippen molar-refractivity contribution in [2.75, 3.05) is 19.8 Å². The summed E-state index contributed by atoms with van der Waals surface area (Å²) in [5, 5.41) is 6.67. The molecule has 3 aromatic rings. The van der Waals surface area contributed by atoms with Crippen LogP contribution in [0.3, 0.4) is 0 Å². The van der Waals surface area contributed by atoms with Gasteiger partial charge in [0.1, 0.15) is 12.1 Å². The summed E-state index contributed by atoms with van der Waals surface area (Å²) in [5.41, 5.74) is 20.6. The molecule has 3 aromatic carbocycles. The molecule has 314 valence electrons. The SMILES string of the molecule is CC(C)(C)C(N)C(=O)N1C[C@@H](c2ccc3c(c2)CN(C(=O)C(N)C2CCOCC2)[C@H](C(=O)NC2CCCc4ccccc42)C3)C[C@H]1C(=O)N[C@@H]1CCCc2ccccc21. The number of nitrogens with two attached hydrogens (primary N) is 2. The van der Waals surface area contributed by atoms with Crippen LogP contribution in [-0.2, 0) is 49.7 Å². The molecule has 0 saturated carbocycles. The predicted molar refractivity (Wildman–Crippen MR) is 227 cm³/mol. The zero-order valence-corrected chi connectivity index (χ0v) is 35.0. The second-order valence-electron chi connectivity index (χ2n) is 18.8. The van der Waals surface area contributed by atoms with Gasteiger partial charge in [0.05, 0.1) is 24.2 Å². The van der Waals surface area contributed by atoms with E-state index < -0.39 is 29.6 Å². The maximum Gasteiger partial charge on any atom is 0.243 e. The van der Waals surface area contributed by atoms with E-state index in [0.29, 0.717) is 45.4 Å². The van der Waals surface area contributed by atoms with Crippen LogP contribution >= 0.6 is 0 Å². The summed E-state index contributed by atoms with van der Waals surface area (Å²) in [6.07, 6.45) is 7.87. The summed E-state index contributed by atoms with van der Waals surface area (Å²) in [4.78, 5) is 60.7. The lowest BCUT2D eigenvalue weighted by Gasteiger charge is -2.40. The van der Waals surface area contributed by atoms with Gasteiger partial charge in [0.15, 0.2) is 0 Å². The first kappa shape index (κ1) is 41.2. The van der Waals surface area contributed by atoms with Crippen LogP contribution in [0.15, 0.2) is 66.7 Å². The number of nitrogens with one attached hydrogen (secondary N) is 2. The number of carbonyl (C=O) groups excluding carboxylic acids is 4. The van der Waals surface area contributed by atoms with E-state index in [1.807, 2.05) is 45.0 Å². The molecule has 3 heterocycles. The second kappa shape index (κ2) is 17.2. The molecule has 2 aliphatic carbocycles. The Balaban J connectivity index is 1.06. The van der Waals surface area contributed by atoms with Crippen molar-refractivity contribution in [1.82, 2.24) is 20.4 Å². The Hall–Kier alpha value is -4.58. The summed E-state index contributed by atoms with van der Waals surface area (Å²) >= 11 is 0. The Kier molecular flexibility index (Phi) is 12.0. The van der Waals surface area contributed by atoms with Gasteiger partial charge >= 0.3 is 0 Å². The van der Waals surface area contributed by atoms with Crippen molar-refractivity contribution in [3.05, 3.63) is 106 Å². The zero-order chi connectivity index (χ0) is 41.4. The fraction of sp³-hybridized carbons (Fsp3) is 0.542. The standard InChI is InChI=1S/C48H62N6O5/c1-48(2,3)43(50)47(58)54-28-35(26-41(54)45(56)52-39-17-9-13-30-11-5-7-15-37(30)39)32-18-19-33-25-40(44(55)51-38-16-8-12-29-10-4-6-14-36(29)38)53(27-34(33)24-32)46(57)42(49)31-20-22-59-23-21-31/h4-7,10-11,14-15,18-19,24,31,35,38-43H,8-9,12-13,16-17,20-23,25-28,49-50H2,1-3H3,(H,51,55)(H,52,56)/t35-,38?,39+,40-,41-,42?,43?/m0/s1. The molecule has 0 bridgehead atoms. The van der Waals surface area contributed by atoms with Gasteiger partial charge in [0, 0.05) is 38.6 Å². The minimum Gasteiger partial charge on any atom is -0.381 e. The van der Waals surface area contributed by atoms with Crippen molar-refractivity contribution < 1.29 is 23.9 Å². The number of amides is 4. The average molecular weight is 803 g/mol. The molecule has 2 fully saturated rings. The van der Waals surface area contributed by atoms with Gasteiger partial charge in [0.2, 0.25) is 23.6 Å². The van der Waals surface area contributed by atoms with E-state index in [2.05, 4.69) is 53.1 Å². The van der Waals surface area contributed by atoms with Crippen LogP contribution in [0.1, 0.15) is 123 Å². The van der Waals surface area contributed by atoms with Crippen LogP contribution in [0.25, 0.3) is 0 Å². The lowest BCUT2D eigenvalue weighted by molar-refractivity contribution is -0.144. The number of likely N-dealkylation sites (tertiary alicyclic amines) is 1. The molecule has 2 saturated heterocycles. The Bertz CT molecular complexity index is 2060. The highest BCUT2D eigenvalue weighted by molar-refractivity contribution is 5.92. The monoisotopic (exact) mass is 802 g/mol. The number of fused-ring (bicyclic) bond motifs is 3. The van der Waals surface area contributed by atoms with Crippen molar-refractivity contribution in [2.45, 2.75) is 134 Å². The van der Waals surface area contributed by atoms with E-state index in [-0.39, 0.29) is 54.1 Å². The van der Waals surface area contributed by atoms with Gasteiger partial charge in [0.25, 0.3) is 0 Å². The van der Waals surface area contributed by atoms with Crippen molar-refractivity contribution in [1.29, 1.82) is 0 Å². The summed E-state index contributed by atoms with van der Waals surface area (Å²) in [7, 11) is 0. The molecule has 0 aromatic heterocycles. The summed E-state index contributed by atoms with van der Waals surface area (Å²) < 4.78 is 5.58. The first-order valence-electron chi connectivity index (χ1n) is 21.9. The molecular formula is C48H62N6O5. The van der Waals surface area contributed by atoms with Crippen molar-refractivity contribution in [2.24, 2.45) is 22.8 Å². The number of aryl methyl sites for hydroxylation is 2.